The molecule has 1 atom stereocenters. The summed E-state index contributed by atoms with van der Waals surface area (Å²) in [4.78, 5) is 11.0. The summed E-state index contributed by atoms with van der Waals surface area (Å²) in [5.74, 6) is -1.14. The van der Waals surface area contributed by atoms with Crippen molar-refractivity contribution in [2.75, 3.05) is 12.4 Å². The summed E-state index contributed by atoms with van der Waals surface area (Å²) in [6, 6.07) is 4.26. The van der Waals surface area contributed by atoms with Crippen LogP contribution in [0.1, 0.15) is 12.5 Å². The maximum absolute atomic E-state index is 13.6. The Bertz CT molecular complexity index is 426. The van der Waals surface area contributed by atoms with Crippen LogP contribution in [-0.4, -0.2) is 23.4 Å². The number of hydrogen-bond acceptors (Lipinski definition) is 2. The van der Waals surface area contributed by atoms with Crippen molar-refractivity contribution in [3.63, 3.8) is 0 Å². The topological polar surface area (TPSA) is 49.3 Å². The monoisotopic (exact) mass is 323 g/mol. The first-order chi connectivity index (χ1) is 7.86. The second-order valence-electron chi connectivity index (χ2n) is 3.81. The maximum Gasteiger partial charge on any atom is 0.235 e. The fourth-order valence-electron chi connectivity index (χ4n) is 1.32. The predicted octanol–water partition coefficient (Wildman–Crippen LogP) is 2.15. The quantitative estimate of drug-likeness (QED) is 0.834. The van der Waals surface area contributed by atoms with Crippen LogP contribution < -0.4 is 5.32 Å². The standard InChI is InChI=1S/C11H12BrClFNO2/c1-11(17,6-15-10(16)5-13)8-4-7(12)2-3-9(8)14/h2-4,17H,5-6H2,1H3,(H,15,16). The number of carbonyl (C=O) groups is 1. The highest BCUT2D eigenvalue weighted by Gasteiger charge is 2.27. The van der Waals surface area contributed by atoms with Crippen LogP contribution in [0, 0.1) is 5.82 Å². The van der Waals surface area contributed by atoms with Crippen LogP contribution in [0.2, 0.25) is 0 Å². The Morgan fingerprint density at radius 1 is 1.65 bits per heavy atom. The van der Waals surface area contributed by atoms with E-state index >= 15 is 0 Å². The zero-order valence-electron chi connectivity index (χ0n) is 9.14. The molecule has 0 saturated heterocycles. The zero-order valence-corrected chi connectivity index (χ0v) is 11.5. The number of carbonyl (C=O) groups excluding carboxylic acids is 1. The summed E-state index contributed by atoms with van der Waals surface area (Å²) in [6.45, 7) is 1.32. The number of rotatable bonds is 4. The van der Waals surface area contributed by atoms with E-state index in [1.807, 2.05) is 0 Å². The largest absolute Gasteiger partial charge is 0.383 e. The molecule has 0 spiro atoms. The molecule has 1 aromatic rings. The van der Waals surface area contributed by atoms with Crippen LogP contribution in [0.4, 0.5) is 4.39 Å². The van der Waals surface area contributed by atoms with E-state index in [4.69, 9.17) is 11.6 Å². The number of aliphatic hydroxyl groups is 1. The third kappa shape index (κ3) is 3.94. The number of alkyl halides is 1. The molecule has 0 saturated carbocycles. The van der Waals surface area contributed by atoms with Gasteiger partial charge in [0.1, 0.15) is 17.3 Å². The molecule has 0 fully saturated rings. The fraction of sp³-hybridized carbons (Fsp3) is 0.364. The van der Waals surface area contributed by atoms with E-state index in [1.54, 1.807) is 0 Å². The molecular formula is C11H12BrClFNO2. The lowest BCUT2D eigenvalue weighted by atomic mass is 9.95. The highest BCUT2D eigenvalue weighted by atomic mass is 79.9. The lowest BCUT2D eigenvalue weighted by Gasteiger charge is -2.24. The molecule has 0 aromatic heterocycles. The molecule has 6 heteroatoms. The van der Waals surface area contributed by atoms with Gasteiger partial charge in [-0.15, -0.1) is 11.6 Å². The van der Waals surface area contributed by atoms with E-state index in [1.165, 1.54) is 25.1 Å². The SMILES string of the molecule is CC(O)(CNC(=O)CCl)c1cc(Br)ccc1F. The Kier molecular flexibility index (Phi) is 4.91. The molecule has 3 nitrogen and oxygen atoms in total. The number of halogens is 3. The minimum atomic E-state index is -1.49. The van der Waals surface area contributed by atoms with Gasteiger partial charge in [-0.25, -0.2) is 4.39 Å². The number of nitrogens with one attached hydrogen (secondary N) is 1. The third-order valence-corrected chi connectivity index (χ3v) is 3.00. The highest BCUT2D eigenvalue weighted by molar-refractivity contribution is 9.10. The van der Waals surface area contributed by atoms with Gasteiger partial charge in [0, 0.05) is 10.0 Å². The molecule has 1 aromatic carbocycles. The van der Waals surface area contributed by atoms with E-state index in [9.17, 15) is 14.3 Å². The van der Waals surface area contributed by atoms with Gasteiger partial charge in [0.15, 0.2) is 0 Å². The lowest BCUT2D eigenvalue weighted by Crippen LogP contribution is -2.39. The van der Waals surface area contributed by atoms with Gasteiger partial charge in [0.2, 0.25) is 5.91 Å². The van der Waals surface area contributed by atoms with Crippen LogP contribution in [0.25, 0.3) is 0 Å². The normalized spacial score (nSPS) is 14.2. The van der Waals surface area contributed by atoms with Gasteiger partial charge >= 0.3 is 0 Å². The van der Waals surface area contributed by atoms with Crippen molar-refractivity contribution in [3.05, 3.63) is 34.1 Å². The molecule has 0 heterocycles. The van der Waals surface area contributed by atoms with Crippen molar-refractivity contribution in [3.8, 4) is 0 Å². The van der Waals surface area contributed by atoms with E-state index in [0.29, 0.717) is 4.47 Å². The molecule has 1 rings (SSSR count). The minimum absolute atomic E-state index is 0.105. The Morgan fingerprint density at radius 3 is 2.88 bits per heavy atom. The molecule has 0 aliphatic rings. The van der Waals surface area contributed by atoms with Crippen molar-refractivity contribution < 1.29 is 14.3 Å². The predicted molar refractivity (Wildman–Crippen MR) is 67.4 cm³/mol. The van der Waals surface area contributed by atoms with Crippen LogP contribution >= 0.6 is 27.5 Å². The summed E-state index contributed by atoms with van der Waals surface area (Å²) >= 11 is 8.50. The minimum Gasteiger partial charge on any atom is -0.383 e. The molecule has 2 N–H and O–H groups in total. The average molecular weight is 325 g/mol. The molecule has 0 radical (unpaired) electrons. The Morgan fingerprint density at radius 2 is 2.29 bits per heavy atom. The van der Waals surface area contributed by atoms with Crippen molar-refractivity contribution in [2.45, 2.75) is 12.5 Å². The molecule has 1 unspecified atom stereocenters. The van der Waals surface area contributed by atoms with Gasteiger partial charge in [0.25, 0.3) is 0 Å². The first-order valence-corrected chi connectivity index (χ1v) is 6.20. The number of hydrogen-bond donors (Lipinski definition) is 2. The number of amides is 1. The van der Waals surface area contributed by atoms with Crippen molar-refractivity contribution >= 4 is 33.4 Å². The average Bonchev–Trinajstić information content (AvgIpc) is 2.29. The molecule has 0 aliphatic heterocycles. The maximum atomic E-state index is 13.6. The number of benzene rings is 1. The van der Waals surface area contributed by atoms with Gasteiger partial charge in [-0.2, -0.15) is 0 Å². The van der Waals surface area contributed by atoms with E-state index in [-0.39, 0.29) is 18.0 Å². The lowest BCUT2D eigenvalue weighted by molar-refractivity contribution is -0.119. The summed E-state index contributed by atoms with van der Waals surface area (Å²) in [5, 5.41) is 12.5. The van der Waals surface area contributed by atoms with Crippen LogP contribution in [0.5, 0.6) is 0 Å². The van der Waals surface area contributed by atoms with Crippen LogP contribution in [-0.2, 0) is 10.4 Å². The van der Waals surface area contributed by atoms with Crippen molar-refractivity contribution in [1.29, 1.82) is 0 Å². The second kappa shape index (κ2) is 5.80. The van der Waals surface area contributed by atoms with Gasteiger partial charge in [-0.1, -0.05) is 15.9 Å². The Labute approximate surface area is 112 Å². The molecule has 0 bridgehead atoms. The van der Waals surface area contributed by atoms with Gasteiger partial charge in [0.05, 0.1) is 6.54 Å². The Hall–Kier alpha value is -0.650. The third-order valence-electron chi connectivity index (χ3n) is 2.26. The highest BCUT2D eigenvalue weighted by Crippen LogP contribution is 2.26. The van der Waals surface area contributed by atoms with Crippen molar-refractivity contribution in [2.24, 2.45) is 0 Å². The van der Waals surface area contributed by atoms with Gasteiger partial charge in [-0.05, 0) is 25.1 Å². The summed E-state index contributed by atoms with van der Waals surface area (Å²) in [6.07, 6.45) is 0. The second-order valence-corrected chi connectivity index (χ2v) is 4.99. The van der Waals surface area contributed by atoms with Crippen LogP contribution in [0.3, 0.4) is 0 Å². The summed E-state index contributed by atoms with van der Waals surface area (Å²) < 4.78 is 14.2. The summed E-state index contributed by atoms with van der Waals surface area (Å²) in [5.41, 5.74) is -1.38. The smallest absolute Gasteiger partial charge is 0.235 e. The first-order valence-electron chi connectivity index (χ1n) is 4.87. The van der Waals surface area contributed by atoms with Gasteiger partial charge < -0.3 is 10.4 Å². The molecule has 0 aliphatic carbocycles. The van der Waals surface area contributed by atoms with Crippen molar-refractivity contribution in [1.82, 2.24) is 5.32 Å². The van der Waals surface area contributed by atoms with Gasteiger partial charge in [-0.3, -0.25) is 4.79 Å². The molecule has 94 valence electrons. The van der Waals surface area contributed by atoms with E-state index in [0.717, 1.165) is 0 Å². The van der Waals surface area contributed by atoms with E-state index < -0.39 is 17.3 Å². The first kappa shape index (κ1) is 14.4. The fourth-order valence-corrected chi connectivity index (χ4v) is 1.78. The van der Waals surface area contributed by atoms with Crippen LogP contribution in [0.15, 0.2) is 22.7 Å². The molecule has 17 heavy (non-hydrogen) atoms. The molecule has 1 amide bonds. The summed E-state index contributed by atoms with van der Waals surface area (Å²) in [7, 11) is 0. The zero-order chi connectivity index (χ0) is 13.1. The van der Waals surface area contributed by atoms with E-state index in [2.05, 4.69) is 21.2 Å². The molecular weight excluding hydrogens is 312 g/mol. The Balaban J connectivity index is 2.88.